The molecule has 0 radical (unpaired) electrons. The molecule has 7 nitrogen and oxygen atoms in total. The third-order valence-corrected chi connectivity index (χ3v) is 4.34. The fourth-order valence-electron chi connectivity index (χ4n) is 3.11. The Morgan fingerprint density at radius 3 is 2.11 bits per heavy atom. The number of hydrogen-bond acceptors (Lipinski definition) is 7. The minimum Gasteiger partial charge on any atom is -0.466 e. The first-order valence-electron chi connectivity index (χ1n) is 8.40. The summed E-state index contributed by atoms with van der Waals surface area (Å²) >= 11 is 0. The van der Waals surface area contributed by atoms with Crippen molar-refractivity contribution in [3.05, 3.63) is 57.9 Å². The number of rotatable bonds is 5. The predicted molar refractivity (Wildman–Crippen MR) is 97.2 cm³/mol. The van der Waals surface area contributed by atoms with Gasteiger partial charge in [-0.2, -0.15) is 0 Å². The van der Waals surface area contributed by atoms with Gasteiger partial charge < -0.3 is 19.5 Å². The third kappa shape index (κ3) is 4.36. The van der Waals surface area contributed by atoms with E-state index in [1.54, 1.807) is 13.8 Å². The summed E-state index contributed by atoms with van der Waals surface area (Å²) in [6.07, 6.45) is 0. The van der Waals surface area contributed by atoms with Crippen molar-refractivity contribution in [2.24, 2.45) is 0 Å². The van der Waals surface area contributed by atoms with Crippen LogP contribution in [0.5, 0.6) is 0 Å². The Morgan fingerprint density at radius 2 is 1.56 bits per heavy atom. The van der Waals surface area contributed by atoms with Crippen LogP contribution in [0.1, 0.15) is 37.8 Å². The molecule has 1 aromatic carbocycles. The van der Waals surface area contributed by atoms with Gasteiger partial charge in [0.05, 0.1) is 24.2 Å². The largest absolute Gasteiger partial charge is 0.466 e. The highest BCUT2D eigenvalue weighted by Gasteiger charge is 2.38. The topological polar surface area (TPSA) is 90.9 Å². The molecule has 0 aromatic heterocycles. The van der Waals surface area contributed by atoms with E-state index in [1.165, 1.54) is 14.0 Å². The van der Waals surface area contributed by atoms with Gasteiger partial charge in [0.15, 0.2) is 0 Å². The number of allylic oxidation sites excluding steroid dienone is 2. The van der Waals surface area contributed by atoms with Crippen molar-refractivity contribution >= 4 is 17.9 Å². The van der Waals surface area contributed by atoms with Crippen LogP contribution in [0.15, 0.2) is 46.8 Å². The van der Waals surface area contributed by atoms with E-state index in [1.807, 2.05) is 31.2 Å². The molecule has 0 spiro atoms. The number of aryl methyl sites for hydroxylation is 1. The zero-order valence-electron chi connectivity index (χ0n) is 16.0. The summed E-state index contributed by atoms with van der Waals surface area (Å²) in [5.74, 6) is -2.43. The SMILES string of the molecule is COC(=O)C1=C(C)NC(C)=C(C(=O)OCOC(C)=O)C1c1ccccc1C. The second-order valence-corrected chi connectivity index (χ2v) is 6.17. The van der Waals surface area contributed by atoms with Crippen molar-refractivity contribution in [1.82, 2.24) is 5.32 Å². The standard InChI is InChI=1S/C20H23NO6/c1-11-8-6-7-9-15(11)18-16(19(23)25-5)12(2)21-13(3)17(18)20(24)27-10-26-14(4)22/h6-9,18,21H,10H2,1-5H3. The lowest BCUT2D eigenvalue weighted by Crippen LogP contribution is -2.32. The number of hydrogen-bond donors (Lipinski definition) is 1. The quantitative estimate of drug-likeness (QED) is 0.626. The van der Waals surface area contributed by atoms with Crippen LogP contribution in [-0.2, 0) is 28.6 Å². The minimum absolute atomic E-state index is 0.266. The first-order chi connectivity index (χ1) is 12.8. The number of benzene rings is 1. The van der Waals surface area contributed by atoms with Gasteiger partial charge in [-0.1, -0.05) is 24.3 Å². The molecule has 0 saturated carbocycles. The Morgan fingerprint density at radius 1 is 0.963 bits per heavy atom. The van der Waals surface area contributed by atoms with Crippen LogP contribution >= 0.6 is 0 Å². The molecule has 144 valence electrons. The second kappa shape index (κ2) is 8.53. The third-order valence-electron chi connectivity index (χ3n) is 4.34. The average molecular weight is 373 g/mol. The number of methoxy groups -OCH3 is 1. The maximum absolute atomic E-state index is 12.8. The summed E-state index contributed by atoms with van der Waals surface area (Å²) < 4.78 is 14.7. The van der Waals surface area contributed by atoms with E-state index in [9.17, 15) is 14.4 Å². The molecule has 1 unspecified atom stereocenters. The van der Waals surface area contributed by atoms with Gasteiger partial charge in [-0.05, 0) is 31.9 Å². The van der Waals surface area contributed by atoms with Crippen LogP contribution in [0.2, 0.25) is 0 Å². The molecule has 0 amide bonds. The van der Waals surface area contributed by atoms with Gasteiger partial charge in [-0.15, -0.1) is 0 Å². The Balaban J connectivity index is 2.53. The molecule has 1 aliphatic heterocycles. The van der Waals surface area contributed by atoms with E-state index in [2.05, 4.69) is 5.32 Å². The van der Waals surface area contributed by atoms with Gasteiger partial charge in [-0.3, -0.25) is 4.79 Å². The molecular weight excluding hydrogens is 350 g/mol. The summed E-state index contributed by atoms with van der Waals surface area (Å²) in [6, 6.07) is 7.47. The number of carbonyl (C=O) groups is 3. The second-order valence-electron chi connectivity index (χ2n) is 6.17. The Labute approximate surface area is 158 Å². The Hall–Kier alpha value is -3.09. The molecule has 1 N–H and O–H groups in total. The zero-order chi connectivity index (χ0) is 20.1. The van der Waals surface area contributed by atoms with Crippen molar-refractivity contribution in [3.8, 4) is 0 Å². The average Bonchev–Trinajstić information content (AvgIpc) is 2.60. The molecule has 0 fully saturated rings. The van der Waals surface area contributed by atoms with E-state index in [4.69, 9.17) is 14.2 Å². The number of nitrogens with one attached hydrogen (secondary N) is 1. The monoisotopic (exact) mass is 373 g/mol. The Bertz CT molecular complexity index is 837. The minimum atomic E-state index is -0.677. The van der Waals surface area contributed by atoms with E-state index in [0.717, 1.165) is 11.1 Å². The van der Waals surface area contributed by atoms with E-state index < -0.39 is 30.6 Å². The smallest absolute Gasteiger partial charge is 0.339 e. The zero-order valence-corrected chi connectivity index (χ0v) is 16.0. The lowest BCUT2D eigenvalue weighted by Gasteiger charge is -2.31. The maximum Gasteiger partial charge on any atom is 0.339 e. The van der Waals surface area contributed by atoms with Gasteiger partial charge in [0.1, 0.15) is 0 Å². The lowest BCUT2D eigenvalue weighted by atomic mass is 9.79. The number of ether oxygens (including phenoxy) is 3. The van der Waals surface area contributed by atoms with Crippen LogP contribution in [0.4, 0.5) is 0 Å². The lowest BCUT2D eigenvalue weighted by molar-refractivity contribution is -0.163. The maximum atomic E-state index is 12.8. The van der Waals surface area contributed by atoms with Crippen molar-refractivity contribution in [2.75, 3.05) is 13.9 Å². The first kappa shape index (κ1) is 20.2. The molecule has 0 aliphatic carbocycles. The van der Waals surface area contributed by atoms with Crippen molar-refractivity contribution in [2.45, 2.75) is 33.6 Å². The van der Waals surface area contributed by atoms with Crippen molar-refractivity contribution in [1.29, 1.82) is 0 Å². The normalized spacial score (nSPS) is 16.6. The molecule has 0 saturated heterocycles. The van der Waals surface area contributed by atoms with Gasteiger partial charge in [0, 0.05) is 18.3 Å². The van der Waals surface area contributed by atoms with E-state index in [-0.39, 0.29) is 5.57 Å². The Kier molecular flexibility index (Phi) is 6.39. The van der Waals surface area contributed by atoms with Gasteiger partial charge in [-0.25, -0.2) is 9.59 Å². The van der Waals surface area contributed by atoms with E-state index >= 15 is 0 Å². The summed E-state index contributed by atoms with van der Waals surface area (Å²) in [7, 11) is 1.29. The van der Waals surface area contributed by atoms with Gasteiger partial charge in [0.25, 0.3) is 0 Å². The molecule has 1 heterocycles. The number of carbonyl (C=O) groups excluding carboxylic acids is 3. The van der Waals surface area contributed by atoms with E-state index in [0.29, 0.717) is 17.0 Å². The van der Waals surface area contributed by atoms with Gasteiger partial charge in [0.2, 0.25) is 6.79 Å². The van der Waals surface area contributed by atoms with Crippen molar-refractivity contribution in [3.63, 3.8) is 0 Å². The molecule has 1 aromatic rings. The highest BCUT2D eigenvalue weighted by atomic mass is 16.7. The summed E-state index contributed by atoms with van der Waals surface area (Å²) in [4.78, 5) is 36.2. The molecule has 2 rings (SSSR count). The van der Waals surface area contributed by atoms with Crippen LogP contribution in [0, 0.1) is 6.92 Å². The van der Waals surface area contributed by atoms with Crippen LogP contribution in [-0.4, -0.2) is 31.8 Å². The fourth-order valence-corrected chi connectivity index (χ4v) is 3.11. The van der Waals surface area contributed by atoms with Gasteiger partial charge >= 0.3 is 17.9 Å². The molecule has 7 heteroatoms. The van der Waals surface area contributed by atoms with Crippen LogP contribution in [0.25, 0.3) is 0 Å². The van der Waals surface area contributed by atoms with Crippen molar-refractivity contribution < 1.29 is 28.6 Å². The number of esters is 3. The first-order valence-corrected chi connectivity index (χ1v) is 8.40. The van der Waals surface area contributed by atoms with Crippen LogP contribution in [0.3, 0.4) is 0 Å². The van der Waals surface area contributed by atoms with Crippen LogP contribution < -0.4 is 5.32 Å². The molecule has 27 heavy (non-hydrogen) atoms. The summed E-state index contributed by atoms with van der Waals surface area (Å²) in [5.41, 5.74) is 3.46. The molecule has 1 atom stereocenters. The summed E-state index contributed by atoms with van der Waals surface area (Å²) in [5, 5.41) is 3.04. The highest BCUT2D eigenvalue weighted by Crippen LogP contribution is 2.40. The number of dihydropyridines is 1. The fraction of sp³-hybridized carbons (Fsp3) is 0.350. The molecule has 0 bridgehead atoms. The highest BCUT2D eigenvalue weighted by molar-refractivity contribution is 6.00. The molecule has 1 aliphatic rings. The predicted octanol–water partition coefficient (Wildman–Crippen LogP) is 2.47. The molecular formula is C20H23NO6. The summed E-state index contributed by atoms with van der Waals surface area (Å²) in [6.45, 7) is 6.10.